The molecule has 0 bridgehead atoms. The van der Waals surface area contributed by atoms with Crippen molar-refractivity contribution in [2.45, 2.75) is 30.5 Å². The van der Waals surface area contributed by atoms with Gasteiger partial charge in [0.1, 0.15) is 11.5 Å². The van der Waals surface area contributed by atoms with Crippen LogP contribution in [0.15, 0.2) is 16.5 Å². The first-order chi connectivity index (χ1) is 8.49. The maximum absolute atomic E-state index is 12.0. The second kappa shape index (κ2) is 7.08. The van der Waals surface area contributed by atoms with Gasteiger partial charge in [-0.15, -0.1) is 0 Å². The molecule has 18 heavy (non-hydrogen) atoms. The summed E-state index contributed by atoms with van der Waals surface area (Å²) in [7, 11) is 0. The number of nitrogens with one attached hydrogen (secondary N) is 1. The molecular weight excluding hydrogens is 264 g/mol. The second-order valence-electron chi connectivity index (χ2n) is 4.17. The Morgan fingerprint density at radius 1 is 1.33 bits per heavy atom. The highest BCUT2D eigenvalue weighted by Gasteiger charge is 2.21. The summed E-state index contributed by atoms with van der Waals surface area (Å²) in [5.74, 6) is -1.24. The van der Waals surface area contributed by atoms with Crippen LogP contribution in [0.25, 0.3) is 0 Å². The molecule has 0 unspecified atom stereocenters. The number of aliphatic hydroxyl groups is 2. The Hall–Kier alpha value is -0.630. The fraction of sp³-hybridized carbons (Fsp3) is 0.636. The van der Waals surface area contributed by atoms with Gasteiger partial charge in [0, 0.05) is 0 Å². The lowest BCUT2D eigenvalue weighted by Crippen LogP contribution is -2.48. The van der Waals surface area contributed by atoms with E-state index in [2.05, 4.69) is 5.32 Å². The van der Waals surface area contributed by atoms with Crippen molar-refractivity contribution in [2.24, 2.45) is 0 Å². The Bertz CT molecular complexity index is 356. The molecular formula is C11H17F2NO3S. The third-order valence-corrected chi connectivity index (χ3v) is 3.16. The van der Waals surface area contributed by atoms with Crippen molar-refractivity contribution in [3.63, 3.8) is 0 Å². The van der Waals surface area contributed by atoms with E-state index in [4.69, 9.17) is 14.6 Å². The van der Waals surface area contributed by atoms with Crippen molar-refractivity contribution < 1.29 is 23.4 Å². The molecule has 0 aliphatic rings. The molecule has 104 valence electrons. The first-order valence-electron chi connectivity index (χ1n) is 5.43. The first-order valence-corrected chi connectivity index (χ1v) is 6.48. The molecule has 0 amide bonds. The Kier molecular flexibility index (Phi) is 6.07. The normalized spacial score (nSPS) is 12.3. The second-order valence-corrected chi connectivity index (χ2v) is 5.15. The van der Waals surface area contributed by atoms with Gasteiger partial charge in [-0.25, -0.2) is 0 Å². The van der Waals surface area contributed by atoms with Crippen molar-refractivity contribution in [1.29, 1.82) is 0 Å². The third-order valence-electron chi connectivity index (χ3n) is 2.46. The lowest BCUT2D eigenvalue weighted by molar-refractivity contribution is 0.101. The molecule has 4 nitrogen and oxygen atoms in total. The lowest BCUT2D eigenvalue weighted by Gasteiger charge is -2.25. The highest BCUT2D eigenvalue weighted by molar-refractivity contribution is 7.98. The molecule has 0 aliphatic carbocycles. The Balaban J connectivity index is 2.44. The minimum absolute atomic E-state index is 0.120. The summed E-state index contributed by atoms with van der Waals surface area (Å²) in [5.41, 5.74) is -0.787. The number of hydrogen-bond acceptors (Lipinski definition) is 5. The zero-order valence-corrected chi connectivity index (χ0v) is 10.8. The molecule has 0 aliphatic heterocycles. The minimum Gasteiger partial charge on any atom is -0.464 e. The first kappa shape index (κ1) is 15.4. The van der Waals surface area contributed by atoms with Crippen molar-refractivity contribution >= 4 is 11.8 Å². The summed E-state index contributed by atoms with van der Waals surface area (Å²) in [6.07, 6.45) is 0. The topological polar surface area (TPSA) is 65.6 Å². The molecule has 0 spiro atoms. The monoisotopic (exact) mass is 281 g/mol. The summed E-state index contributed by atoms with van der Waals surface area (Å²) in [6, 6.07) is 3.32. The smallest absolute Gasteiger partial charge is 0.284 e. The van der Waals surface area contributed by atoms with Crippen molar-refractivity contribution in [1.82, 2.24) is 5.32 Å². The standard InChI is InChI=1S/C11H17F2NO3S/c1-11(6-15,7-16)14-4-8-2-3-9(17-8)5-18-10(12)13/h2-3,10,14-16H,4-7H2,1H3. The van der Waals surface area contributed by atoms with E-state index < -0.39 is 11.3 Å². The summed E-state index contributed by atoms with van der Waals surface area (Å²) in [4.78, 5) is 0. The van der Waals surface area contributed by atoms with Gasteiger partial charge in [-0.2, -0.15) is 8.78 Å². The minimum atomic E-state index is -2.41. The van der Waals surface area contributed by atoms with Crippen LogP contribution in [-0.4, -0.2) is 34.7 Å². The largest absolute Gasteiger partial charge is 0.464 e. The number of alkyl halides is 2. The van der Waals surface area contributed by atoms with E-state index in [-0.39, 0.29) is 19.0 Å². The lowest BCUT2D eigenvalue weighted by atomic mass is 10.1. The number of thioether (sulfide) groups is 1. The van der Waals surface area contributed by atoms with Crippen molar-refractivity contribution in [2.75, 3.05) is 13.2 Å². The van der Waals surface area contributed by atoms with E-state index in [0.29, 0.717) is 29.8 Å². The maximum Gasteiger partial charge on any atom is 0.284 e. The van der Waals surface area contributed by atoms with Crippen LogP contribution in [0.4, 0.5) is 8.78 Å². The van der Waals surface area contributed by atoms with E-state index in [1.807, 2.05) is 0 Å². The molecule has 1 heterocycles. The van der Waals surface area contributed by atoms with Gasteiger partial charge in [0.15, 0.2) is 0 Å². The predicted octanol–water partition coefficient (Wildman–Crippen LogP) is 1.57. The molecule has 3 N–H and O–H groups in total. The molecule has 7 heteroatoms. The van der Waals surface area contributed by atoms with Crippen LogP contribution in [0.3, 0.4) is 0 Å². The van der Waals surface area contributed by atoms with E-state index in [0.717, 1.165) is 0 Å². The number of halogens is 2. The molecule has 0 radical (unpaired) electrons. The van der Waals surface area contributed by atoms with Gasteiger partial charge in [-0.1, -0.05) is 11.8 Å². The zero-order valence-electron chi connectivity index (χ0n) is 10.0. The fourth-order valence-electron chi connectivity index (χ4n) is 1.20. The molecule has 0 saturated carbocycles. The third kappa shape index (κ3) is 4.93. The summed E-state index contributed by atoms with van der Waals surface area (Å²) >= 11 is 0.503. The van der Waals surface area contributed by atoms with Gasteiger partial charge >= 0.3 is 0 Å². The number of rotatable bonds is 8. The van der Waals surface area contributed by atoms with Crippen LogP contribution in [0.1, 0.15) is 18.4 Å². The van der Waals surface area contributed by atoms with Crippen molar-refractivity contribution in [3.8, 4) is 0 Å². The number of aliphatic hydroxyl groups excluding tert-OH is 2. The van der Waals surface area contributed by atoms with Gasteiger partial charge in [0.25, 0.3) is 5.76 Å². The highest BCUT2D eigenvalue weighted by atomic mass is 32.2. The summed E-state index contributed by atoms with van der Waals surface area (Å²) in [5, 5.41) is 21.1. The SMILES string of the molecule is CC(CO)(CO)NCc1ccc(CSC(F)F)o1. The number of furan rings is 1. The Morgan fingerprint density at radius 2 is 1.94 bits per heavy atom. The van der Waals surface area contributed by atoms with Gasteiger partial charge in [0.05, 0.1) is 31.1 Å². The highest BCUT2D eigenvalue weighted by Crippen LogP contribution is 2.21. The molecule has 0 fully saturated rings. The van der Waals surface area contributed by atoms with E-state index in [1.165, 1.54) is 0 Å². The van der Waals surface area contributed by atoms with Gasteiger partial charge in [-0.05, 0) is 19.1 Å². The Morgan fingerprint density at radius 3 is 2.50 bits per heavy atom. The van der Waals surface area contributed by atoms with E-state index in [1.54, 1.807) is 19.1 Å². The summed E-state index contributed by atoms with van der Waals surface area (Å²) in [6.45, 7) is 1.57. The Labute approximate surface area is 108 Å². The van der Waals surface area contributed by atoms with Gasteiger partial charge < -0.3 is 19.9 Å². The van der Waals surface area contributed by atoms with Crippen LogP contribution in [-0.2, 0) is 12.3 Å². The summed E-state index contributed by atoms with van der Waals surface area (Å²) < 4.78 is 29.3. The molecule has 0 aromatic carbocycles. The fourth-order valence-corrected chi connectivity index (χ4v) is 1.65. The molecule has 1 rings (SSSR count). The van der Waals surface area contributed by atoms with Crippen LogP contribution in [0.5, 0.6) is 0 Å². The average Bonchev–Trinajstić information content (AvgIpc) is 2.81. The molecule has 1 aromatic rings. The van der Waals surface area contributed by atoms with Gasteiger partial charge in [0.2, 0.25) is 0 Å². The van der Waals surface area contributed by atoms with Crippen LogP contribution in [0, 0.1) is 0 Å². The van der Waals surface area contributed by atoms with E-state index in [9.17, 15) is 8.78 Å². The quantitative estimate of drug-likeness (QED) is 0.675. The maximum atomic E-state index is 12.0. The van der Waals surface area contributed by atoms with Gasteiger partial charge in [-0.3, -0.25) is 0 Å². The van der Waals surface area contributed by atoms with E-state index >= 15 is 0 Å². The van der Waals surface area contributed by atoms with Crippen molar-refractivity contribution in [3.05, 3.63) is 23.7 Å². The predicted molar refractivity (Wildman–Crippen MR) is 65.4 cm³/mol. The molecule has 0 saturated heterocycles. The molecule has 0 atom stereocenters. The molecule has 1 aromatic heterocycles. The van der Waals surface area contributed by atoms with Crippen LogP contribution >= 0.6 is 11.8 Å². The van der Waals surface area contributed by atoms with Crippen LogP contribution < -0.4 is 5.32 Å². The van der Waals surface area contributed by atoms with Crippen LogP contribution in [0.2, 0.25) is 0 Å². The number of hydrogen-bond donors (Lipinski definition) is 3. The average molecular weight is 281 g/mol. The zero-order chi connectivity index (χ0) is 13.6.